The monoisotopic (exact) mass is 436 g/mol. The van der Waals surface area contributed by atoms with Gasteiger partial charge in [-0.2, -0.15) is 0 Å². The highest BCUT2D eigenvalue weighted by molar-refractivity contribution is 14.0. The summed E-state index contributed by atoms with van der Waals surface area (Å²) >= 11 is 1.73. The highest BCUT2D eigenvalue weighted by Gasteiger charge is 2.17. The molecule has 0 aliphatic carbocycles. The minimum Gasteiger partial charge on any atom is -0.370 e. The van der Waals surface area contributed by atoms with Gasteiger partial charge in [0.25, 0.3) is 0 Å². The molecule has 6 heteroatoms. The first-order valence-electron chi connectivity index (χ1n) is 7.96. The summed E-state index contributed by atoms with van der Waals surface area (Å²) in [5.41, 5.74) is 7.42. The van der Waals surface area contributed by atoms with Gasteiger partial charge < -0.3 is 10.6 Å². The second kappa shape index (κ2) is 9.05. The zero-order valence-corrected chi connectivity index (χ0v) is 17.1. The van der Waals surface area contributed by atoms with Crippen molar-refractivity contribution in [2.45, 2.75) is 58.3 Å². The van der Waals surface area contributed by atoms with Crippen molar-refractivity contribution in [2.75, 3.05) is 19.6 Å². The van der Waals surface area contributed by atoms with Gasteiger partial charge in [0, 0.05) is 36.9 Å². The Morgan fingerprint density at radius 3 is 2.45 bits per heavy atom. The molecular weight excluding hydrogens is 407 g/mol. The first-order chi connectivity index (χ1) is 9.97. The first-order valence-corrected chi connectivity index (χ1v) is 8.84. The second-order valence-corrected chi connectivity index (χ2v) is 7.71. The minimum atomic E-state index is 0. The number of rotatable bonds is 3. The maximum absolute atomic E-state index is 6.12. The summed E-state index contributed by atoms with van der Waals surface area (Å²) in [6.45, 7) is 9.44. The molecule has 2 rings (SSSR count). The molecule has 0 bridgehead atoms. The van der Waals surface area contributed by atoms with Crippen molar-refractivity contribution in [3.8, 4) is 0 Å². The van der Waals surface area contributed by atoms with Crippen LogP contribution in [0.4, 0.5) is 0 Å². The number of aromatic nitrogens is 1. The number of guanidine groups is 1. The van der Waals surface area contributed by atoms with Crippen LogP contribution in [-0.2, 0) is 11.8 Å². The van der Waals surface area contributed by atoms with E-state index in [4.69, 9.17) is 10.7 Å². The predicted octanol–water partition coefficient (Wildman–Crippen LogP) is 3.79. The lowest BCUT2D eigenvalue weighted by molar-refractivity contribution is 0.428. The molecule has 1 aromatic heterocycles. The van der Waals surface area contributed by atoms with E-state index < -0.39 is 0 Å². The van der Waals surface area contributed by atoms with Gasteiger partial charge in [0.1, 0.15) is 0 Å². The van der Waals surface area contributed by atoms with Gasteiger partial charge in [-0.05, 0) is 12.8 Å². The lowest BCUT2D eigenvalue weighted by Crippen LogP contribution is -2.38. The molecular formula is C16H29IN4S. The molecule has 126 valence electrons. The van der Waals surface area contributed by atoms with Crippen molar-refractivity contribution in [3.05, 3.63) is 16.1 Å². The normalized spacial score (nSPS) is 17.0. The summed E-state index contributed by atoms with van der Waals surface area (Å²) in [5, 5.41) is 3.32. The van der Waals surface area contributed by atoms with Crippen molar-refractivity contribution in [2.24, 2.45) is 10.7 Å². The Kier molecular flexibility index (Phi) is 8.10. The minimum absolute atomic E-state index is 0. The Bertz CT molecular complexity index is 471. The Morgan fingerprint density at radius 1 is 1.27 bits per heavy atom. The van der Waals surface area contributed by atoms with Crippen LogP contribution in [0.15, 0.2) is 10.4 Å². The third kappa shape index (κ3) is 6.02. The number of hydrogen-bond donors (Lipinski definition) is 1. The molecule has 0 amide bonds. The average molecular weight is 436 g/mol. The average Bonchev–Trinajstić information content (AvgIpc) is 2.73. The topological polar surface area (TPSA) is 54.5 Å². The van der Waals surface area contributed by atoms with Gasteiger partial charge in [0.15, 0.2) is 5.96 Å². The zero-order valence-electron chi connectivity index (χ0n) is 14.0. The number of thiazole rings is 1. The standard InChI is InChI=1S/C16H28N4S.HI/c1-16(2,3)13-12-21-14(19-13)8-9-18-15(17)20-10-6-4-5-7-11-20;/h12H,4-11H2,1-3H3,(H2,17,18);1H. The molecule has 0 spiro atoms. The molecule has 1 fully saturated rings. The van der Waals surface area contributed by atoms with Crippen molar-refractivity contribution in [3.63, 3.8) is 0 Å². The van der Waals surface area contributed by atoms with Crippen LogP contribution in [0.25, 0.3) is 0 Å². The summed E-state index contributed by atoms with van der Waals surface area (Å²) in [6.07, 6.45) is 5.99. The number of nitrogens with zero attached hydrogens (tertiary/aromatic N) is 3. The number of nitrogens with two attached hydrogens (primary N) is 1. The molecule has 1 saturated heterocycles. The molecule has 0 atom stereocenters. The Balaban J connectivity index is 0.00000242. The van der Waals surface area contributed by atoms with E-state index in [2.05, 4.69) is 36.0 Å². The highest BCUT2D eigenvalue weighted by Crippen LogP contribution is 2.24. The van der Waals surface area contributed by atoms with Crippen LogP contribution >= 0.6 is 35.3 Å². The molecule has 2 heterocycles. The molecule has 1 aliphatic rings. The molecule has 0 radical (unpaired) electrons. The van der Waals surface area contributed by atoms with Gasteiger partial charge in [-0.1, -0.05) is 33.6 Å². The SMILES string of the molecule is CC(C)(C)c1csc(CCN=C(N)N2CCCCCC2)n1.I. The maximum atomic E-state index is 6.12. The Labute approximate surface area is 155 Å². The molecule has 0 saturated carbocycles. The van der Waals surface area contributed by atoms with Crippen molar-refractivity contribution in [1.82, 2.24) is 9.88 Å². The predicted molar refractivity (Wildman–Crippen MR) is 106 cm³/mol. The van der Waals surface area contributed by atoms with Crippen LogP contribution in [0.2, 0.25) is 0 Å². The third-order valence-electron chi connectivity index (χ3n) is 3.85. The summed E-state index contributed by atoms with van der Waals surface area (Å²) in [5.74, 6) is 0.713. The zero-order chi connectivity index (χ0) is 15.3. The van der Waals surface area contributed by atoms with Crippen LogP contribution in [0.3, 0.4) is 0 Å². The van der Waals surface area contributed by atoms with E-state index in [9.17, 15) is 0 Å². The Morgan fingerprint density at radius 2 is 1.91 bits per heavy atom. The summed E-state index contributed by atoms with van der Waals surface area (Å²) in [7, 11) is 0. The van der Waals surface area contributed by atoms with Crippen LogP contribution < -0.4 is 5.73 Å². The first kappa shape index (κ1) is 19.7. The summed E-state index contributed by atoms with van der Waals surface area (Å²) in [6, 6.07) is 0. The van der Waals surface area contributed by atoms with E-state index in [1.165, 1.54) is 31.4 Å². The molecule has 4 nitrogen and oxygen atoms in total. The lowest BCUT2D eigenvalue weighted by atomic mass is 9.93. The molecule has 1 aliphatic heterocycles. The van der Waals surface area contributed by atoms with Gasteiger partial charge in [-0.15, -0.1) is 35.3 Å². The second-order valence-electron chi connectivity index (χ2n) is 6.77. The molecule has 2 N–H and O–H groups in total. The van der Waals surface area contributed by atoms with Gasteiger partial charge in [-0.3, -0.25) is 4.99 Å². The quantitative estimate of drug-likeness (QED) is 0.446. The van der Waals surface area contributed by atoms with Gasteiger partial charge >= 0.3 is 0 Å². The smallest absolute Gasteiger partial charge is 0.191 e. The van der Waals surface area contributed by atoms with Crippen molar-refractivity contribution >= 4 is 41.3 Å². The highest BCUT2D eigenvalue weighted by atomic mass is 127. The van der Waals surface area contributed by atoms with E-state index >= 15 is 0 Å². The number of hydrogen-bond acceptors (Lipinski definition) is 3. The van der Waals surface area contributed by atoms with E-state index in [1.807, 2.05) is 0 Å². The van der Waals surface area contributed by atoms with E-state index in [1.54, 1.807) is 11.3 Å². The Hall–Kier alpha value is -0.370. The van der Waals surface area contributed by atoms with Crippen molar-refractivity contribution < 1.29 is 0 Å². The van der Waals surface area contributed by atoms with E-state index in [-0.39, 0.29) is 29.4 Å². The van der Waals surface area contributed by atoms with E-state index in [0.29, 0.717) is 5.96 Å². The largest absolute Gasteiger partial charge is 0.370 e. The number of aliphatic imine (C=N–C) groups is 1. The third-order valence-corrected chi connectivity index (χ3v) is 4.76. The van der Waals surface area contributed by atoms with Crippen LogP contribution in [0.1, 0.15) is 57.2 Å². The summed E-state index contributed by atoms with van der Waals surface area (Å²) in [4.78, 5) is 11.5. The van der Waals surface area contributed by atoms with Crippen LogP contribution in [0.5, 0.6) is 0 Å². The van der Waals surface area contributed by atoms with Gasteiger partial charge in [0.05, 0.1) is 10.7 Å². The summed E-state index contributed by atoms with van der Waals surface area (Å²) < 4.78 is 0. The van der Waals surface area contributed by atoms with Crippen LogP contribution in [-0.4, -0.2) is 35.5 Å². The lowest BCUT2D eigenvalue weighted by Gasteiger charge is -2.20. The maximum Gasteiger partial charge on any atom is 0.191 e. The number of likely N-dealkylation sites (tertiary alicyclic amines) is 1. The number of halogens is 1. The van der Waals surface area contributed by atoms with E-state index in [0.717, 1.165) is 31.1 Å². The molecule has 22 heavy (non-hydrogen) atoms. The molecule has 1 aromatic rings. The van der Waals surface area contributed by atoms with Gasteiger partial charge in [0.2, 0.25) is 0 Å². The van der Waals surface area contributed by atoms with Gasteiger partial charge in [-0.25, -0.2) is 4.98 Å². The fourth-order valence-electron chi connectivity index (χ4n) is 2.44. The van der Waals surface area contributed by atoms with Crippen molar-refractivity contribution in [1.29, 1.82) is 0 Å². The van der Waals surface area contributed by atoms with Crippen LogP contribution in [0, 0.1) is 0 Å². The molecule has 0 unspecified atom stereocenters. The fourth-order valence-corrected chi connectivity index (χ4v) is 3.45. The fraction of sp³-hybridized carbons (Fsp3) is 0.750. The molecule has 0 aromatic carbocycles.